The van der Waals surface area contributed by atoms with Gasteiger partial charge in [0.25, 0.3) is 0 Å². The van der Waals surface area contributed by atoms with Crippen molar-refractivity contribution in [3.8, 4) is 11.3 Å². The smallest absolute Gasteiger partial charge is 0.407 e. The Morgan fingerprint density at radius 3 is 2.36 bits per heavy atom. The molecule has 2 aromatic heterocycles. The van der Waals surface area contributed by atoms with Gasteiger partial charge in [-0.3, -0.25) is 5.10 Å². The molecule has 1 amide bonds. The molecule has 1 aromatic carbocycles. The van der Waals surface area contributed by atoms with Crippen LogP contribution in [0.2, 0.25) is 0 Å². The lowest BCUT2D eigenvalue weighted by Gasteiger charge is -2.43. The molecule has 0 saturated carbocycles. The number of rotatable bonds is 3. The molecule has 2 saturated heterocycles. The van der Waals surface area contributed by atoms with E-state index in [1.807, 2.05) is 13.8 Å². The molecular formula is C23H30N8O2. The van der Waals surface area contributed by atoms with E-state index in [1.165, 1.54) is 10.6 Å². The highest BCUT2D eigenvalue weighted by Gasteiger charge is 2.33. The molecule has 2 N–H and O–H groups in total. The number of nitrogens with one attached hydrogen (secondary N) is 1. The number of benzene rings is 1. The number of piperazine rings is 2. The van der Waals surface area contributed by atoms with Crippen LogP contribution < -0.4 is 9.80 Å². The van der Waals surface area contributed by atoms with Gasteiger partial charge < -0.3 is 24.7 Å². The molecule has 2 aliphatic heterocycles. The lowest BCUT2D eigenvalue weighted by atomic mass is 10.1. The van der Waals surface area contributed by atoms with Crippen molar-refractivity contribution in [1.82, 2.24) is 30.0 Å². The highest BCUT2D eigenvalue weighted by Crippen LogP contribution is 2.29. The number of likely N-dealkylation sites (N-methyl/N-ethyl adjacent to an activating group) is 1. The van der Waals surface area contributed by atoms with Crippen molar-refractivity contribution in [2.24, 2.45) is 0 Å². The predicted molar refractivity (Wildman–Crippen MR) is 128 cm³/mol. The van der Waals surface area contributed by atoms with E-state index in [1.54, 1.807) is 6.20 Å². The number of carboxylic acid groups (broad SMARTS) is 1. The second-order valence-corrected chi connectivity index (χ2v) is 9.13. The molecule has 4 heterocycles. The molecule has 10 heteroatoms. The first-order valence-electron chi connectivity index (χ1n) is 11.4. The number of anilines is 2. The lowest BCUT2D eigenvalue weighted by molar-refractivity contribution is 0.128. The Morgan fingerprint density at radius 1 is 1.06 bits per heavy atom. The topological polar surface area (TPSA) is 105 Å². The van der Waals surface area contributed by atoms with Crippen molar-refractivity contribution in [3.05, 3.63) is 30.5 Å². The van der Waals surface area contributed by atoms with Crippen molar-refractivity contribution in [2.75, 3.05) is 56.1 Å². The molecule has 2 fully saturated rings. The third kappa shape index (κ3) is 4.06. The number of nitrogens with zero attached hydrogens (tertiary/aromatic N) is 7. The molecule has 2 atom stereocenters. The van der Waals surface area contributed by atoms with Crippen LogP contribution in [0.25, 0.3) is 22.3 Å². The SMILES string of the molecule is C[C@@H]1CN(C(=O)O)C[C@H](C)N1c1ncc2[nH]nc(-c3ccc(N4CCN(C)CC4)cc3)c2n1. The van der Waals surface area contributed by atoms with Crippen molar-refractivity contribution in [1.29, 1.82) is 0 Å². The normalized spacial score (nSPS) is 22.2. The maximum atomic E-state index is 11.4. The van der Waals surface area contributed by atoms with Crippen LogP contribution in [0.1, 0.15) is 13.8 Å². The van der Waals surface area contributed by atoms with Gasteiger partial charge in [-0.1, -0.05) is 12.1 Å². The molecule has 10 nitrogen and oxygen atoms in total. The number of aromatic amines is 1. The second-order valence-electron chi connectivity index (χ2n) is 9.13. The van der Waals surface area contributed by atoms with E-state index in [4.69, 9.17) is 4.98 Å². The summed E-state index contributed by atoms with van der Waals surface area (Å²) in [6.07, 6.45) is 0.873. The second kappa shape index (κ2) is 8.51. The molecule has 0 radical (unpaired) electrons. The summed E-state index contributed by atoms with van der Waals surface area (Å²) in [6.45, 7) is 9.07. The van der Waals surface area contributed by atoms with E-state index >= 15 is 0 Å². The van der Waals surface area contributed by atoms with Crippen LogP contribution in [0.3, 0.4) is 0 Å². The average Bonchev–Trinajstić information content (AvgIpc) is 3.22. The zero-order valence-electron chi connectivity index (χ0n) is 19.3. The van der Waals surface area contributed by atoms with Gasteiger partial charge in [-0.15, -0.1) is 0 Å². The largest absolute Gasteiger partial charge is 0.465 e. The first-order valence-corrected chi connectivity index (χ1v) is 11.4. The molecule has 3 aromatic rings. The Bertz CT molecular complexity index is 1130. The summed E-state index contributed by atoms with van der Waals surface area (Å²) in [7, 11) is 2.16. The van der Waals surface area contributed by atoms with Gasteiger partial charge in [-0.25, -0.2) is 14.8 Å². The van der Waals surface area contributed by atoms with E-state index in [-0.39, 0.29) is 12.1 Å². The third-order valence-electron chi connectivity index (χ3n) is 6.72. The molecule has 174 valence electrons. The lowest BCUT2D eigenvalue weighted by Crippen LogP contribution is -2.58. The Hall–Kier alpha value is -3.40. The number of amides is 1. The molecule has 2 aliphatic rings. The Kier molecular flexibility index (Phi) is 5.53. The van der Waals surface area contributed by atoms with Crippen LogP contribution in [0, 0.1) is 0 Å². The Labute approximate surface area is 192 Å². The van der Waals surface area contributed by atoms with E-state index in [0.29, 0.717) is 19.0 Å². The molecule has 0 bridgehead atoms. The van der Waals surface area contributed by atoms with Gasteiger partial charge in [0.05, 0.1) is 6.20 Å². The number of fused-ring (bicyclic) bond motifs is 1. The fraction of sp³-hybridized carbons (Fsp3) is 0.478. The molecule has 0 aliphatic carbocycles. The fourth-order valence-corrected chi connectivity index (χ4v) is 4.90. The predicted octanol–water partition coefficient (Wildman–Crippen LogP) is 2.35. The summed E-state index contributed by atoms with van der Waals surface area (Å²) in [4.78, 5) is 29.2. The fourth-order valence-electron chi connectivity index (χ4n) is 4.90. The summed E-state index contributed by atoms with van der Waals surface area (Å²) in [5, 5.41) is 17.0. The van der Waals surface area contributed by atoms with Crippen LogP contribution in [0.4, 0.5) is 16.4 Å². The summed E-state index contributed by atoms with van der Waals surface area (Å²) in [6, 6.07) is 8.45. The zero-order valence-corrected chi connectivity index (χ0v) is 19.3. The Morgan fingerprint density at radius 2 is 1.73 bits per heavy atom. The Balaban J connectivity index is 1.41. The highest BCUT2D eigenvalue weighted by molar-refractivity contribution is 5.90. The summed E-state index contributed by atoms with van der Waals surface area (Å²) < 4.78 is 0. The number of H-pyrrole nitrogens is 1. The van der Waals surface area contributed by atoms with Gasteiger partial charge in [0, 0.05) is 62.6 Å². The van der Waals surface area contributed by atoms with Crippen molar-refractivity contribution in [3.63, 3.8) is 0 Å². The van der Waals surface area contributed by atoms with Crippen LogP contribution >= 0.6 is 0 Å². The number of aromatic nitrogens is 4. The minimum absolute atomic E-state index is 0.0273. The minimum Gasteiger partial charge on any atom is -0.465 e. The quantitative estimate of drug-likeness (QED) is 0.627. The van der Waals surface area contributed by atoms with Gasteiger partial charge in [0.15, 0.2) is 0 Å². The first kappa shape index (κ1) is 21.4. The van der Waals surface area contributed by atoms with Gasteiger partial charge in [-0.2, -0.15) is 5.10 Å². The molecular weight excluding hydrogens is 420 g/mol. The number of carbonyl (C=O) groups is 1. The van der Waals surface area contributed by atoms with Gasteiger partial charge in [0.2, 0.25) is 5.95 Å². The molecule has 5 rings (SSSR count). The van der Waals surface area contributed by atoms with Crippen molar-refractivity contribution < 1.29 is 9.90 Å². The van der Waals surface area contributed by atoms with E-state index in [9.17, 15) is 9.90 Å². The maximum Gasteiger partial charge on any atom is 0.407 e. The van der Waals surface area contributed by atoms with E-state index < -0.39 is 6.09 Å². The van der Waals surface area contributed by atoms with Crippen LogP contribution in [0.15, 0.2) is 30.5 Å². The molecule has 33 heavy (non-hydrogen) atoms. The third-order valence-corrected chi connectivity index (χ3v) is 6.72. The first-order chi connectivity index (χ1) is 15.9. The van der Waals surface area contributed by atoms with Crippen LogP contribution in [-0.4, -0.2) is 99.6 Å². The summed E-state index contributed by atoms with van der Waals surface area (Å²) >= 11 is 0. The van der Waals surface area contributed by atoms with Crippen LogP contribution in [-0.2, 0) is 0 Å². The standard InChI is InChI=1S/C23H30N8O2/c1-15-13-30(23(32)33)14-16(2)31(15)22-24-12-19-21(25-22)20(27-26-19)17-4-6-18(7-5-17)29-10-8-28(3)9-11-29/h4-7,12,15-16H,8-11,13-14H2,1-3H3,(H,26,27)(H,32,33)/t15-,16+. The number of hydrogen-bond acceptors (Lipinski definition) is 7. The van der Waals surface area contributed by atoms with Crippen molar-refractivity contribution in [2.45, 2.75) is 25.9 Å². The van der Waals surface area contributed by atoms with Crippen LogP contribution in [0.5, 0.6) is 0 Å². The number of hydrogen-bond donors (Lipinski definition) is 2. The van der Waals surface area contributed by atoms with Gasteiger partial charge >= 0.3 is 6.09 Å². The van der Waals surface area contributed by atoms with Crippen molar-refractivity contribution >= 4 is 28.8 Å². The summed E-state index contributed by atoms with van der Waals surface area (Å²) in [5.74, 6) is 0.601. The highest BCUT2D eigenvalue weighted by atomic mass is 16.4. The molecule has 0 unspecified atom stereocenters. The monoisotopic (exact) mass is 450 g/mol. The summed E-state index contributed by atoms with van der Waals surface area (Å²) in [5.41, 5.74) is 4.57. The van der Waals surface area contributed by atoms with Gasteiger partial charge in [0.1, 0.15) is 16.7 Å². The molecule has 0 spiro atoms. The van der Waals surface area contributed by atoms with E-state index in [2.05, 4.69) is 61.2 Å². The van der Waals surface area contributed by atoms with E-state index in [0.717, 1.165) is 48.5 Å². The minimum atomic E-state index is -0.887. The average molecular weight is 451 g/mol. The maximum absolute atomic E-state index is 11.4. The van der Waals surface area contributed by atoms with Gasteiger partial charge in [-0.05, 0) is 33.0 Å². The zero-order chi connectivity index (χ0) is 23.1.